The molecule has 1 aromatic carbocycles. The smallest absolute Gasteiger partial charge is 0.119 e. The van der Waals surface area contributed by atoms with Crippen LogP contribution in [0.2, 0.25) is 0 Å². The fourth-order valence-corrected chi connectivity index (χ4v) is 3.07. The molecule has 21 heavy (non-hydrogen) atoms. The van der Waals surface area contributed by atoms with Gasteiger partial charge in [-0.3, -0.25) is 0 Å². The molecule has 3 unspecified atom stereocenters. The fourth-order valence-electron chi connectivity index (χ4n) is 3.07. The second kappa shape index (κ2) is 6.52. The molecule has 1 aliphatic carbocycles. The van der Waals surface area contributed by atoms with Crippen molar-refractivity contribution in [3.8, 4) is 11.8 Å². The van der Waals surface area contributed by atoms with Crippen LogP contribution >= 0.6 is 0 Å². The molecular formula is C19H27NO. The third-order valence-electron chi connectivity index (χ3n) is 4.65. The molecule has 2 heteroatoms. The molecule has 0 aromatic heterocycles. The molecule has 2 rings (SSSR count). The van der Waals surface area contributed by atoms with Gasteiger partial charge in [-0.25, -0.2) is 0 Å². The maximum atomic E-state index is 9.32. The number of hydrogen-bond donors (Lipinski definition) is 0. The van der Waals surface area contributed by atoms with Crippen LogP contribution in [0.3, 0.4) is 0 Å². The lowest BCUT2D eigenvalue weighted by atomic mass is 9.79. The maximum absolute atomic E-state index is 9.32. The van der Waals surface area contributed by atoms with Crippen LogP contribution in [0.1, 0.15) is 58.9 Å². The van der Waals surface area contributed by atoms with E-state index >= 15 is 0 Å². The Morgan fingerprint density at radius 1 is 1.19 bits per heavy atom. The molecule has 0 bridgehead atoms. The Hall–Kier alpha value is -1.49. The molecule has 0 saturated heterocycles. The average molecular weight is 285 g/mol. The first-order valence-corrected chi connectivity index (χ1v) is 8.11. The van der Waals surface area contributed by atoms with Crippen molar-refractivity contribution >= 4 is 0 Å². The molecule has 0 amide bonds. The molecule has 0 radical (unpaired) electrons. The Morgan fingerprint density at radius 3 is 2.38 bits per heavy atom. The molecule has 2 nitrogen and oxygen atoms in total. The van der Waals surface area contributed by atoms with Gasteiger partial charge in [0.15, 0.2) is 0 Å². The highest BCUT2D eigenvalue weighted by molar-refractivity contribution is 5.31. The van der Waals surface area contributed by atoms with E-state index in [0.29, 0.717) is 5.92 Å². The molecule has 0 N–H and O–H groups in total. The van der Waals surface area contributed by atoms with E-state index in [2.05, 4.69) is 45.9 Å². The number of rotatable bonds is 3. The van der Waals surface area contributed by atoms with Gasteiger partial charge in [0, 0.05) is 0 Å². The third-order valence-corrected chi connectivity index (χ3v) is 4.65. The van der Waals surface area contributed by atoms with Gasteiger partial charge in [-0.05, 0) is 48.3 Å². The zero-order valence-electron chi connectivity index (χ0n) is 13.7. The van der Waals surface area contributed by atoms with Crippen LogP contribution in [0, 0.1) is 23.2 Å². The highest BCUT2D eigenvalue weighted by Gasteiger charge is 2.31. The lowest BCUT2D eigenvalue weighted by Gasteiger charge is -2.32. The fraction of sp³-hybridized carbons (Fsp3) is 0.632. The van der Waals surface area contributed by atoms with E-state index in [9.17, 15) is 5.26 Å². The summed E-state index contributed by atoms with van der Waals surface area (Å²) in [4.78, 5) is 0. The van der Waals surface area contributed by atoms with Crippen molar-refractivity contribution in [2.24, 2.45) is 11.8 Å². The van der Waals surface area contributed by atoms with Gasteiger partial charge in [0.05, 0.1) is 12.0 Å². The average Bonchev–Trinajstić information content (AvgIpc) is 2.46. The van der Waals surface area contributed by atoms with Crippen LogP contribution in [0.5, 0.6) is 5.75 Å². The maximum Gasteiger partial charge on any atom is 0.119 e. The number of hydrogen-bond acceptors (Lipinski definition) is 2. The second-order valence-corrected chi connectivity index (χ2v) is 7.25. The van der Waals surface area contributed by atoms with Gasteiger partial charge in [-0.1, -0.05) is 46.2 Å². The Labute approximate surface area is 129 Å². The van der Waals surface area contributed by atoms with Gasteiger partial charge in [-0.2, -0.15) is 5.26 Å². The SMILES string of the molecule is CCC1CCC(C#N)C(Oc2ccc(C(C)(C)C)cc2)C1. The normalized spacial score (nSPS) is 26.1. The molecule has 3 atom stereocenters. The number of nitrogens with zero attached hydrogens (tertiary/aromatic N) is 1. The zero-order chi connectivity index (χ0) is 15.5. The van der Waals surface area contributed by atoms with Crippen LogP contribution in [0.15, 0.2) is 24.3 Å². The Morgan fingerprint density at radius 2 is 1.86 bits per heavy atom. The molecule has 0 aliphatic heterocycles. The second-order valence-electron chi connectivity index (χ2n) is 7.25. The van der Waals surface area contributed by atoms with E-state index in [4.69, 9.17) is 4.74 Å². The lowest BCUT2D eigenvalue weighted by molar-refractivity contribution is 0.0892. The number of ether oxygens (including phenoxy) is 1. The summed E-state index contributed by atoms with van der Waals surface area (Å²) in [5, 5.41) is 9.32. The van der Waals surface area contributed by atoms with Gasteiger partial charge in [0.2, 0.25) is 0 Å². The van der Waals surface area contributed by atoms with Crippen molar-refractivity contribution in [1.29, 1.82) is 5.26 Å². The standard InChI is InChI=1S/C19H27NO/c1-5-14-6-7-15(13-20)18(12-14)21-17-10-8-16(9-11-17)19(2,3)4/h8-11,14-15,18H,5-7,12H2,1-4H3. The summed E-state index contributed by atoms with van der Waals surface area (Å²) in [7, 11) is 0. The van der Waals surface area contributed by atoms with Crippen LogP contribution < -0.4 is 4.74 Å². The highest BCUT2D eigenvalue weighted by Crippen LogP contribution is 2.34. The summed E-state index contributed by atoms with van der Waals surface area (Å²) in [6.45, 7) is 8.86. The molecule has 1 saturated carbocycles. The summed E-state index contributed by atoms with van der Waals surface area (Å²) < 4.78 is 6.14. The molecule has 0 heterocycles. The van der Waals surface area contributed by atoms with E-state index < -0.39 is 0 Å². The first-order chi connectivity index (χ1) is 9.94. The first-order valence-electron chi connectivity index (χ1n) is 8.11. The molecule has 1 fully saturated rings. The third kappa shape index (κ3) is 4.00. The monoisotopic (exact) mass is 285 g/mol. The number of benzene rings is 1. The van der Waals surface area contributed by atoms with Crippen LogP contribution in [-0.4, -0.2) is 6.10 Å². The van der Waals surface area contributed by atoms with Crippen molar-refractivity contribution < 1.29 is 4.74 Å². The first kappa shape index (κ1) is 15.9. The van der Waals surface area contributed by atoms with E-state index in [-0.39, 0.29) is 17.4 Å². The molecule has 1 aromatic rings. The topological polar surface area (TPSA) is 33.0 Å². The summed E-state index contributed by atoms with van der Waals surface area (Å²) >= 11 is 0. The molecular weight excluding hydrogens is 258 g/mol. The van der Waals surface area contributed by atoms with Gasteiger partial charge in [-0.15, -0.1) is 0 Å². The van der Waals surface area contributed by atoms with Crippen molar-refractivity contribution in [3.63, 3.8) is 0 Å². The van der Waals surface area contributed by atoms with Crippen LogP contribution in [0.25, 0.3) is 0 Å². The largest absolute Gasteiger partial charge is 0.489 e. The predicted octanol–water partition coefficient (Wildman–Crippen LogP) is 5.08. The predicted molar refractivity (Wildman–Crippen MR) is 86.3 cm³/mol. The van der Waals surface area contributed by atoms with Crippen molar-refractivity contribution in [2.45, 2.75) is 64.9 Å². The van der Waals surface area contributed by atoms with Gasteiger partial charge < -0.3 is 4.74 Å². The lowest BCUT2D eigenvalue weighted by Crippen LogP contribution is -2.33. The molecule has 114 valence electrons. The van der Waals surface area contributed by atoms with Crippen molar-refractivity contribution in [1.82, 2.24) is 0 Å². The summed E-state index contributed by atoms with van der Waals surface area (Å²) in [5.41, 5.74) is 1.47. The quantitative estimate of drug-likeness (QED) is 0.775. The Kier molecular flexibility index (Phi) is 4.93. The van der Waals surface area contributed by atoms with E-state index in [1.165, 1.54) is 12.0 Å². The van der Waals surface area contributed by atoms with E-state index in [1.807, 2.05) is 12.1 Å². The minimum Gasteiger partial charge on any atom is -0.489 e. The zero-order valence-corrected chi connectivity index (χ0v) is 13.7. The highest BCUT2D eigenvalue weighted by atomic mass is 16.5. The molecule has 0 spiro atoms. The minimum absolute atomic E-state index is 0.0371. The van der Waals surface area contributed by atoms with Crippen molar-refractivity contribution in [2.75, 3.05) is 0 Å². The van der Waals surface area contributed by atoms with Crippen LogP contribution in [-0.2, 0) is 5.41 Å². The van der Waals surface area contributed by atoms with Gasteiger partial charge in [0.1, 0.15) is 11.9 Å². The summed E-state index contributed by atoms with van der Waals surface area (Å²) in [6, 6.07) is 10.8. The van der Waals surface area contributed by atoms with E-state index in [1.54, 1.807) is 0 Å². The summed E-state index contributed by atoms with van der Waals surface area (Å²) in [5.74, 6) is 1.63. The Balaban J connectivity index is 2.07. The van der Waals surface area contributed by atoms with Gasteiger partial charge in [0.25, 0.3) is 0 Å². The Bertz CT molecular complexity index is 492. The summed E-state index contributed by atoms with van der Waals surface area (Å²) in [6.07, 6.45) is 4.38. The molecule has 1 aliphatic rings. The van der Waals surface area contributed by atoms with Gasteiger partial charge >= 0.3 is 0 Å². The van der Waals surface area contributed by atoms with E-state index in [0.717, 1.165) is 25.0 Å². The van der Waals surface area contributed by atoms with Crippen LogP contribution in [0.4, 0.5) is 0 Å². The van der Waals surface area contributed by atoms with Crippen molar-refractivity contribution in [3.05, 3.63) is 29.8 Å². The minimum atomic E-state index is 0.0371. The number of nitriles is 1.